The van der Waals surface area contributed by atoms with E-state index in [0.29, 0.717) is 0 Å². The van der Waals surface area contributed by atoms with Crippen molar-refractivity contribution in [3.63, 3.8) is 0 Å². The van der Waals surface area contributed by atoms with Gasteiger partial charge in [-0.15, -0.1) is 0 Å². The van der Waals surface area contributed by atoms with Crippen LogP contribution in [0.15, 0.2) is 12.5 Å². The molecule has 1 aliphatic rings. The second-order valence-corrected chi connectivity index (χ2v) is 2.58. The van der Waals surface area contributed by atoms with Gasteiger partial charge in [-0.3, -0.25) is 0 Å². The molecule has 11 heavy (non-hydrogen) atoms. The van der Waals surface area contributed by atoms with Crippen LogP contribution in [0.25, 0.3) is 0 Å². The molecule has 3 heteroatoms. The summed E-state index contributed by atoms with van der Waals surface area (Å²) in [6.45, 7) is 2.76. The van der Waals surface area contributed by atoms with Gasteiger partial charge in [-0.1, -0.05) is 0 Å². The third-order valence-electron chi connectivity index (χ3n) is 1.90. The Labute approximate surface area is 65.4 Å². The third-order valence-corrected chi connectivity index (χ3v) is 1.90. The molecule has 0 spiro atoms. The van der Waals surface area contributed by atoms with Crippen molar-refractivity contribution >= 4 is 0 Å². The van der Waals surface area contributed by atoms with Gasteiger partial charge in [0.2, 0.25) is 0 Å². The smallest absolute Gasteiger partial charge is 0.115 e. The summed E-state index contributed by atoms with van der Waals surface area (Å²) in [6.07, 6.45) is 4.64. The first-order valence-electron chi connectivity index (χ1n) is 3.82. The maximum atomic E-state index is 5.41. The van der Waals surface area contributed by atoms with Crippen molar-refractivity contribution in [1.29, 1.82) is 0 Å². The van der Waals surface area contributed by atoms with E-state index in [2.05, 4.69) is 9.97 Å². The zero-order chi connectivity index (χ0) is 7.68. The molecule has 3 nitrogen and oxygen atoms in total. The van der Waals surface area contributed by atoms with Crippen LogP contribution in [-0.4, -0.2) is 16.6 Å². The summed E-state index contributed by atoms with van der Waals surface area (Å²) >= 11 is 0. The Bertz CT molecular complexity index is 262. The second-order valence-electron chi connectivity index (χ2n) is 2.58. The van der Waals surface area contributed by atoms with E-state index in [-0.39, 0.29) is 6.10 Å². The number of hydrogen-bond donors (Lipinski definition) is 0. The zero-order valence-electron chi connectivity index (χ0n) is 6.45. The number of fused-ring (bicyclic) bond motifs is 1. The van der Waals surface area contributed by atoms with Gasteiger partial charge in [-0.25, -0.2) is 9.97 Å². The molecular formula is C8H10N2O. The summed E-state index contributed by atoms with van der Waals surface area (Å²) in [5.74, 6) is 0. The first kappa shape index (κ1) is 6.73. The average Bonchev–Trinajstić information content (AvgIpc) is 2.01. The first-order chi connectivity index (χ1) is 5.42. The molecule has 0 saturated heterocycles. The Balaban J connectivity index is 2.16. The maximum absolute atomic E-state index is 5.41. The lowest BCUT2D eigenvalue weighted by Crippen LogP contribution is -2.21. The van der Waals surface area contributed by atoms with E-state index in [0.717, 1.165) is 18.7 Å². The molecule has 0 N–H and O–H groups in total. The predicted octanol–water partition coefficient (Wildman–Crippen LogP) is 1.11. The number of ether oxygens (including phenoxy) is 1. The molecule has 1 aliphatic carbocycles. The molecule has 1 aromatic rings. The fourth-order valence-corrected chi connectivity index (χ4v) is 1.32. The van der Waals surface area contributed by atoms with Crippen molar-refractivity contribution in [2.24, 2.45) is 0 Å². The number of hydrogen-bond acceptors (Lipinski definition) is 3. The van der Waals surface area contributed by atoms with Crippen LogP contribution >= 0.6 is 0 Å². The van der Waals surface area contributed by atoms with Crippen LogP contribution in [0.3, 0.4) is 0 Å². The molecular weight excluding hydrogens is 140 g/mol. The fraction of sp³-hybridized carbons (Fsp3) is 0.500. The largest absolute Gasteiger partial charge is 0.372 e. The van der Waals surface area contributed by atoms with Gasteiger partial charge in [-0.2, -0.15) is 0 Å². The van der Waals surface area contributed by atoms with Crippen LogP contribution in [0.1, 0.15) is 24.3 Å². The van der Waals surface area contributed by atoms with Crippen LogP contribution < -0.4 is 0 Å². The van der Waals surface area contributed by atoms with Gasteiger partial charge < -0.3 is 4.74 Å². The van der Waals surface area contributed by atoms with Crippen molar-refractivity contribution in [2.75, 3.05) is 6.61 Å². The van der Waals surface area contributed by atoms with Crippen LogP contribution in [0.5, 0.6) is 0 Å². The lowest BCUT2D eigenvalue weighted by molar-refractivity contribution is 0.0420. The maximum Gasteiger partial charge on any atom is 0.115 e. The summed E-state index contributed by atoms with van der Waals surface area (Å²) in [7, 11) is 0. The highest BCUT2D eigenvalue weighted by atomic mass is 16.5. The van der Waals surface area contributed by atoms with E-state index in [4.69, 9.17) is 4.74 Å². The SMILES string of the molecule is CCOC1Cc2cncnc21. The Kier molecular flexibility index (Phi) is 1.58. The summed E-state index contributed by atoms with van der Waals surface area (Å²) in [6, 6.07) is 0. The van der Waals surface area contributed by atoms with Crippen molar-refractivity contribution in [3.05, 3.63) is 23.8 Å². The molecule has 0 amide bonds. The monoisotopic (exact) mass is 150 g/mol. The standard InChI is InChI=1S/C8H10N2O/c1-2-11-7-3-6-4-9-5-10-8(6)7/h4-5,7H,2-3H2,1H3. The van der Waals surface area contributed by atoms with Crippen LogP contribution in [-0.2, 0) is 11.2 Å². The Morgan fingerprint density at radius 3 is 3.36 bits per heavy atom. The number of rotatable bonds is 2. The second kappa shape index (κ2) is 2.58. The highest BCUT2D eigenvalue weighted by Gasteiger charge is 2.27. The molecule has 58 valence electrons. The number of aromatic nitrogens is 2. The molecule has 0 radical (unpaired) electrons. The predicted molar refractivity (Wildman–Crippen MR) is 40.1 cm³/mol. The van der Waals surface area contributed by atoms with Gasteiger partial charge >= 0.3 is 0 Å². The molecule has 1 heterocycles. The molecule has 2 rings (SSSR count). The van der Waals surface area contributed by atoms with E-state index in [1.165, 1.54) is 5.56 Å². The van der Waals surface area contributed by atoms with Crippen LogP contribution in [0, 0.1) is 0 Å². The topological polar surface area (TPSA) is 35.0 Å². The Hall–Kier alpha value is -0.960. The minimum absolute atomic E-state index is 0.234. The van der Waals surface area contributed by atoms with E-state index < -0.39 is 0 Å². The summed E-state index contributed by atoms with van der Waals surface area (Å²) < 4.78 is 5.41. The van der Waals surface area contributed by atoms with Gasteiger partial charge in [0, 0.05) is 19.2 Å². The third kappa shape index (κ3) is 1.01. The molecule has 0 saturated carbocycles. The van der Waals surface area contributed by atoms with Crippen LogP contribution in [0.2, 0.25) is 0 Å². The fourth-order valence-electron chi connectivity index (χ4n) is 1.32. The summed E-state index contributed by atoms with van der Waals surface area (Å²) in [5.41, 5.74) is 2.30. The molecule has 1 unspecified atom stereocenters. The number of nitrogens with zero attached hydrogens (tertiary/aromatic N) is 2. The zero-order valence-corrected chi connectivity index (χ0v) is 6.45. The molecule has 0 aliphatic heterocycles. The van der Waals surface area contributed by atoms with Gasteiger partial charge in [0.15, 0.2) is 0 Å². The Morgan fingerprint density at radius 1 is 1.73 bits per heavy atom. The normalized spacial score (nSPS) is 20.6. The van der Waals surface area contributed by atoms with Gasteiger partial charge in [0.25, 0.3) is 0 Å². The lowest BCUT2D eigenvalue weighted by Gasteiger charge is -2.27. The van der Waals surface area contributed by atoms with Gasteiger partial charge in [0.05, 0.1) is 5.69 Å². The van der Waals surface area contributed by atoms with Gasteiger partial charge in [0.1, 0.15) is 12.4 Å². The Morgan fingerprint density at radius 2 is 2.64 bits per heavy atom. The summed E-state index contributed by atoms with van der Waals surface area (Å²) in [5, 5.41) is 0. The van der Waals surface area contributed by atoms with Crippen molar-refractivity contribution < 1.29 is 4.74 Å². The summed E-state index contributed by atoms with van der Waals surface area (Å²) in [4.78, 5) is 8.05. The van der Waals surface area contributed by atoms with E-state index in [1.54, 1.807) is 6.33 Å². The highest BCUT2D eigenvalue weighted by molar-refractivity contribution is 5.29. The van der Waals surface area contributed by atoms with Crippen LogP contribution in [0.4, 0.5) is 0 Å². The molecule has 0 fully saturated rings. The molecule has 0 aromatic carbocycles. The highest BCUT2D eigenvalue weighted by Crippen LogP contribution is 2.32. The lowest BCUT2D eigenvalue weighted by atomic mass is 9.92. The quantitative estimate of drug-likeness (QED) is 0.633. The van der Waals surface area contributed by atoms with E-state index >= 15 is 0 Å². The van der Waals surface area contributed by atoms with Crippen molar-refractivity contribution in [2.45, 2.75) is 19.4 Å². The van der Waals surface area contributed by atoms with Crippen molar-refractivity contribution in [1.82, 2.24) is 9.97 Å². The van der Waals surface area contributed by atoms with E-state index in [1.807, 2.05) is 13.1 Å². The van der Waals surface area contributed by atoms with Crippen molar-refractivity contribution in [3.8, 4) is 0 Å². The molecule has 1 aromatic heterocycles. The first-order valence-corrected chi connectivity index (χ1v) is 3.82. The van der Waals surface area contributed by atoms with Gasteiger partial charge in [-0.05, 0) is 12.5 Å². The minimum Gasteiger partial charge on any atom is -0.372 e. The average molecular weight is 150 g/mol. The minimum atomic E-state index is 0.234. The molecule has 0 bridgehead atoms. The van der Waals surface area contributed by atoms with E-state index in [9.17, 15) is 0 Å². The molecule has 1 atom stereocenters.